The maximum Gasteiger partial charge on any atom is 0.490 e. The molecule has 0 aliphatic carbocycles. The fourth-order valence-corrected chi connectivity index (χ4v) is 4.50. The van der Waals surface area contributed by atoms with Crippen LogP contribution in [0.1, 0.15) is 25.3 Å². The van der Waals surface area contributed by atoms with Gasteiger partial charge in [-0.1, -0.05) is 23.7 Å². The van der Waals surface area contributed by atoms with E-state index >= 15 is 0 Å². The molecule has 0 amide bonds. The maximum atomic E-state index is 13.5. The lowest BCUT2D eigenvalue weighted by molar-refractivity contribution is -0.192. The summed E-state index contributed by atoms with van der Waals surface area (Å²) < 4.78 is 51.2. The molecule has 0 unspecified atom stereocenters. The van der Waals surface area contributed by atoms with Crippen LogP contribution in [-0.2, 0) is 16.0 Å². The van der Waals surface area contributed by atoms with Crippen molar-refractivity contribution in [3.63, 3.8) is 0 Å². The molecule has 0 bridgehead atoms. The number of carbonyl (C=O) groups is 1. The quantitative estimate of drug-likeness (QED) is 0.587. The molecule has 0 radical (unpaired) electrons. The molecule has 6 nitrogen and oxygen atoms in total. The summed E-state index contributed by atoms with van der Waals surface area (Å²) in [6.45, 7) is 5.68. The van der Waals surface area contributed by atoms with Gasteiger partial charge in [-0.2, -0.15) is 13.2 Å². The SMILES string of the molecule is C[C@H]1CN(C2CCN(c3cc(F)ccn3)CC2)[C@@H](Cc2ccc(Cl)cc2)CO1.O=C(O)C(F)(F)F. The zero-order valence-corrected chi connectivity index (χ0v) is 20.0. The van der Waals surface area contributed by atoms with Crippen LogP contribution in [0.5, 0.6) is 0 Å². The lowest BCUT2D eigenvalue weighted by Crippen LogP contribution is -2.56. The average molecular weight is 518 g/mol. The van der Waals surface area contributed by atoms with Crippen LogP contribution >= 0.6 is 11.6 Å². The van der Waals surface area contributed by atoms with Crippen molar-refractivity contribution >= 4 is 23.4 Å². The topological polar surface area (TPSA) is 65.9 Å². The van der Waals surface area contributed by atoms with Crippen molar-refractivity contribution < 1.29 is 32.2 Å². The number of morpholine rings is 1. The number of alkyl halides is 3. The molecular weight excluding hydrogens is 490 g/mol. The van der Waals surface area contributed by atoms with Crippen LogP contribution in [0, 0.1) is 5.82 Å². The second kappa shape index (κ2) is 12.0. The minimum absolute atomic E-state index is 0.225. The summed E-state index contributed by atoms with van der Waals surface area (Å²) in [5.41, 5.74) is 1.29. The van der Waals surface area contributed by atoms with E-state index in [0.29, 0.717) is 12.1 Å². The molecule has 2 aliphatic heterocycles. The molecule has 2 aliphatic rings. The Labute approximate surface area is 206 Å². The van der Waals surface area contributed by atoms with Crippen LogP contribution in [0.4, 0.5) is 23.4 Å². The summed E-state index contributed by atoms with van der Waals surface area (Å²) in [6, 6.07) is 12.0. The van der Waals surface area contributed by atoms with Gasteiger partial charge in [0.2, 0.25) is 0 Å². The number of carboxylic acid groups (broad SMARTS) is 1. The van der Waals surface area contributed by atoms with E-state index in [0.717, 1.165) is 56.3 Å². The van der Waals surface area contributed by atoms with Crippen molar-refractivity contribution in [2.45, 2.75) is 50.6 Å². The highest BCUT2D eigenvalue weighted by molar-refractivity contribution is 6.30. The monoisotopic (exact) mass is 517 g/mol. The molecule has 4 rings (SSSR count). The number of ether oxygens (including phenoxy) is 1. The van der Waals surface area contributed by atoms with Crippen molar-refractivity contribution in [1.82, 2.24) is 9.88 Å². The number of benzene rings is 1. The molecule has 11 heteroatoms. The van der Waals surface area contributed by atoms with Gasteiger partial charge in [0.15, 0.2) is 0 Å². The highest BCUT2D eigenvalue weighted by Gasteiger charge is 2.38. The highest BCUT2D eigenvalue weighted by atomic mass is 35.5. The number of pyridine rings is 1. The van der Waals surface area contributed by atoms with Gasteiger partial charge in [-0.3, -0.25) is 4.90 Å². The average Bonchev–Trinajstić information content (AvgIpc) is 2.81. The molecular formula is C24H28ClF4N3O3. The first-order valence-corrected chi connectivity index (χ1v) is 11.7. The molecule has 2 saturated heterocycles. The lowest BCUT2D eigenvalue weighted by atomic mass is 9.96. The number of aliphatic carboxylic acids is 1. The first kappa shape index (κ1) is 27.2. The van der Waals surface area contributed by atoms with E-state index in [1.807, 2.05) is 12.1 Å². The van der Waals surface area contributed by atoms with Gasteiger partial charge >= 0.3 is 12.1 Å². The Balaban J connectivity index is 0.000000429. The summed E-state index contributed by atoms with van der Waals surface area (Å²) in [5.74, 6) is -2.24. The third-order valence-electron chi connectivity index (χ3n) is 6.10. The maximum absolute atomic E-state index is 13.5. The van der Waals surface area contributed by atoms with Gasteiger partial charge in [0.25, 0.3) is 0 Å². The van der Waals surface area contributed by atoms with E-state index < -0.39 is 12.1 Å². The number of anilines is 1. The van der Waals surface area contributed by atoms with Crippen LogP contribution in [0.25, 0.3) is 0 Å². The molecule has 2 fully saturated rings. The zero-order chi connectivity index (χ0) is 25.6. The Hall–Kier alpha value is -2.43. The summed E-state index contributed by atoms with van der Waals surface area (Å²) in [7, 11) is 0. The Bertz CT molecular complexity index is 969. The number of piperidine rings is 1. The normalized spacial score (nSPS) is 21.8. The molecule has 1 aromatic carbocycles. The van der Waals surface area contributed by atoms with Crippen LogP contribution in [0.2, 0.25) is 5.02 Å². The van der Waals surface area contributed by atoms with Gasteiger partial charge in [0.1, 0.15) is 11.6 Å². The molecule has 2 atom stereocenters. The van der Waals surface area contributed by atoms with Crippen LogP contribution in [0.3, 0.4) is 0 Å². The van der Waals surface area contributed by atoms with Gasteiger partial charge in [0.05, 0.1) is 12.7 Å². The summed E-state index contributed by atoms with van der Waals surface area (Å²) >= 11 is 6.03. The number of aromatic nitrogens is 1. The van der Waals surface area contributed by atoms with Crippen LogP contribution < -0.4 is 4.90 Å². The third kappa shape index (κ3) is 8.05. The number of hydrogen-bond donors (Lipinski definition) is 1. The van der Waals surface area contributed by atoms with Crippen molar-refractivity contribution in [2.75, 3.05) is 31.1 Å². The van der Waals surface area contributed by atoms with Gasteiger partial charge < -0.3 is 14.7 Å². The van der Waals surface area contributed by atoms with Crippen molar-refractivity contribution in [1.29, 1.82) is 0 Å². The van der Waals surface area contributed by atoms with E-state index in [9.17, 15) is 17.6 Å². The van der Waals surface area contributed by atoms with Crippen LogP contribution in [-0.4, -0.2) is 71.6 Å². The molecule has 35 heavy (non-hydrogen) atoms. The minimum Gasteiger partial charge on any atom is -0.475 e. The van der Waals surface area contributed by atoms with E-state index in [1.165, 1.54) is 17.7 Å². The fraction of sp³-hybridized carbons (Fsp3) is 0.500. The van der Waals surface area contributed by atoms with Gasteiger partial charge in [-0.25, -0.2) is 14.2 Å². The van der Waals surface area contributed by atoms with Crippen molar-refractivity contribution in [3.8, 4) is 0 Å². The third-order valence-corrected chi connectivity index (χ3v) is 6.35. The Kier molecular flexibility index (Phi) is 9.32. The molecule has 192 valence electrons. The first-order chi connectivity index (χ1) is 16.5. The van der Waals surface area contributed by atoms with E-state index in [4.69, 9.17) is 26.2 Å². The van der Waals surface area contributed by atoms with Crippen molar-refractivity contribution in [3.05, 3.63) is 59.0 Å². The predicted octanol–water partition coefficient (Wildman–Crippen LogP) is 4.81. The molecule has 2 aromatic rings. The zero-order valence-electron chi connectivity index (χ0n) is 19.2. The Morgan fingerprint density at radius 2 is 1.83 bits per heavy atom. The van der Waals surface area contributed by atoms with E-state index in [2.05, 4.69) is 33.8 Å². The molecule has 3 heterocycles. The van der Waals surface area contributed by atoms with Gasteiger partial charge in [-0.15, -0.1) is 0 Å². The molecule has 0 spiro atoms. The van der Waals surface area contributed by atoms with Crippen molar-refractivity contribution in [2.24, 2.45) is 0 Å². The second-order valence-corrected chi connectivity index (χ2v) is 9.11. The first-order valence-electron chi connectivity index (χ1n) is 11.3. The van der Waals surface area contributed by atoms with Gasteiger partial charge in [0, 0.05) is 49.0 Å². The second-order valence-electron chi connectivity index (χ2n) is 8.68. The summed E-state index contributed by atoms with van der Waals surface area (Å²) in [6.07, 6.45) is -0.202. The van der Waals surface area contributed by atoms with Gasteiger partial charge in [-0.05, 0) is 49.9 Å². The van der Waals surface area contributed by atoms with Crippen LogP contribution in [0.15, 0.2) is 42.6 Å². The highest BCUT2D eigenvalue weighted by Crippen LogP contribution is 2.27. The Morgan fingerprint density at radius 1 is 1.20 bits per heavy atom. The minimum atomic E-state index is -5.08. The fourth-order valence-electron chi connectivity index (χ4n) is 4.38. The molecule has 0 saturated carbocycles. The smallest absolute Gasteiger partial charge is 0.475 e. The summed E-state index contributed by atoms with van der Waals surface area (Å²) in [4.78, 5) is 18.1. The number of hydrogen-bond acceptors (Lipinski definition) is 5. The van der Waals surface area contributed by atoms with E-state index in [-0.39, 0.29) is 11.9 Å². The predicted molar refractivity (Wildman–Crippen MR) is 124 cm³/mol. The number of rotatable bonds is 4. The lowest BCUT2D eigenvalue weighted by Gasteiger charge is -2.46. The summed E-state index contributed by atoms with van der Waals surface area (Å²) in [5, 5.41) is 7.90. The number of carboxylic acids is 1. The standard InChI is InChI=1S/C22H27ClFN3O.C2HF3O2/c1-16-14-27(21(15-28-16)12-17-2-4-18(23)5-3-17)20-7-10-26(11-8-20)22-13-19(24)6-9-25-22;3-2(4,5)1(6)7/h2-6,9,13,16,20-21H,7-8,10-12,14-15H2,1H3;(H,6,7)/t16-,21-;/m0./s1. The number of nitrogens with zero attached hydrogens (tertiary/aromatic N) is 3. The van der Waals surface area contributed by atoms with E-state index in [1.54, 1.807) is 6.20 Å². The number of halogens is 5. The largest absolute Gasteiger partial charge is 0.490 e. The molecule has 1 aromatic heterocycles. The molecule has 1 N–H and O–H groups in total. The Morgan fingerprint density at radius 3 is 2.40 bits per heavy atom.